The normalized spacial score (nSPS) is 15.3. The van der Waals surface area contributed by atoms with E-state index in [1.807, 2.05) is 24.3 Å². The van der Waals surface area contributed by atoms with Crippen molar-refractivity contribution in [2.24, 2.45) is 0 Å². The number of amides is 2. The third-order valence-electron chi connectivity index (χ3n) is 5.00. The lowest BCUT2D eigenvalue weighted by Crippen LogP contribution is -2.25. The Kier molecular flexibility index (Phi) is 8.72. The maximum absolute atomic E-state index is 12.4. The van der Waals surface area contributed by atoms with Crippen molar-refractivity contribution < 1.29 is 19.1 Å². The summed E-state index contributed by atoms with van der Waals surface area (Å²) < 4.78 is 11.5. The number of ether oxygens (including phenoxy) is 2. The van der Waals surface area contributed by atoms with E-state index < -0.39 is 0 Å². The van der Waals surface area contributed by atoms with E-state index in [9.17, 15) is 9.59 Å². The Balaban J connectivity index is 1.50. The highest BCUT2D eigenvalue weighted by atomic mass is 16.5. The molecule has 31 heavy (non-hydrogen) atoms. The Morgan fingerprint density at radius 3 is 2.84 bits per heavy atom. The molecule has 7 heteroatoms. The highest BCUT2D eigenvalue weighted by Crippen LogP contribution is 2.25. The molecule has 2 aromatic carbocycles. The fraction of sp³-hybridized carbons (Fsp3) is 0.417. The van der Waals surface area contributed by atoms with Crippen LogP contribution in [0.1, 0.15) is 43.0 Å². The van der Waals surface area contributed by atoms with E-state index in [1.54, 1.807) is 24.3 Å². The molecule has 3 N–H and O–H groups in total. The number of carbonyl (C=O) groups excluding carboxylic acids is 2. The summed E-state index contributed by atoms with van der Waals surface area (Å²) in [5.41, 5.74) is 1.85. The van der Waals surface area contributed by atoms with Gasteiger partial charge in [0.15, 0.2) is 0 Å². The second kappa shape index (κ2) is 12.0. The fourth-order valence-corrected chi connectivity index (χ4v) is 3.30. The van der Waals surface area contributed by atoms with E-state index in [0.29, 0.717) is 30.2 Å². The Bertz CT molecular complexity index is 865. The number of unbranched alkanes of at least 4 members (excludes halogenated alkanes) is 1. The van der Waals surface area contributed by atoms with Gasteiger partial charge in [-0.05, 0) is 49.6 Å². The Labute approximate surface area is 183 Å². The molecule has 1 fully saturated rings. The predicted molar refractivity (Wildman–Crippen MR) is 122 cm³/mol. The first-order chi connectivity index (χ1) is 15.2. The number of para-hydroxylation sites is 2. The van der Waals surface area contributed by atoms with Crippen LogP contribution >= 0.6 is 0 Å². The summed E-state index contributed by atoms with van der Waals surface area (Å²) in [6.07, 6.45) is 4.16. The smallest absolute Gasteiger partial charge is 0.251 e. The molecule has 166 valence electrons. The van der Waals surface area contributed by atoms with Gasteiger partial charge in [0.05, 0.1) is 18.3 Å². The average Bonchev–Trinajstić information content (AvgIpc) is 3.31. The van der Waals surface area contributed by atoms with Crippen molar-refractivity contribution in [3.63, 3.8) is 0 Å². The minimum absolute atomic E-state index is 0.0766. The van der Waals surface area contributed by atoms with Crippen LogP contribution in [0.4, 0.5) is 11.4 Å². The zero-order chi connectivity index (χ0) is 21.9. The van der Waals surface area contributed by atoms with Gasteiger partial charge in [0, 0.05) is 24.4 Å². The molecule has 2 aromatic rings. The van der Waals surface area contributed by atoms with Gasteiger partial charge >= 0.3 is 0 Å². The lowest BCUT2D eigenvalue weighted by Gasteiger charge is -2.15. The number of carbonyl (C=O) groups is 2. The van der Waals surface area contributed by atoms with Gasteiger partial charge in [0.2, 0.25) is 5.91 Å². The summed E-state index contributed by atoms with van der Waals surface area (Å²) in [6.45, 7) is 4.08. The topological polar surface area (TPSA) is 88.7 Å². The minimum atomic E-state index is -0.211. The highest BCUT2D eigenvalue weighted by Gasteiger charge is 2.17. The molecule has 1 saturated heterocycles. The number of hydrogen-bond acceptors (Lipinski definition) is 5. The monoisotopic (exact) mass is 425 g/mol. The van der Waals surface area contributed by atoms with Crippen molar-refractivity contribution in [3.05, 3.63) is 54.1 Å². The van der Waals surface area contributed by atoms with Gasteiger partial charge < -0.3 is 25.4 Å². The van der Waals surface area contributed by atoms with Crippen molar-refractivity contribution in [2.75, 3.05) is 36.9 Å². The second-order valence-corrected chi connectivity index (χ2v) is 7.53. The summed E-state index contributed by atoms with van der Waals surface area (Å²) in [5, 5.41) is 8.83. The van der Waals surface area contributed by atoms with E-state index in [1.165, 1.54) is 0 Å². The van der Waals surface area contributed by atoms with Crippen molar-refractivity contribution >= 4 is 23.2 Å². The van der Waals surface area contributed by atoms with Crippen LogP contribution in [0.25, 0.3) is 0 Å². The average molecular weight is 426 g/mol. The maximum atomic E-state index is 12.4. The first kappa shape index (κ1) is 22.6. The van der Waals surface area contributed by atoms with Crippen LogP contribution in [-0.2, 0) is 9.53 Å². The number of nitrogens with one attached hydrogen (secondary N) is 3. The minimum Gasteiger partial charge on any atom is -0.489 e. The number of rotatable bonds is 11. The number of benzene rings is 2. The molecule has 1 unspecified atom stereocenters. The zero-order valence-corrected chi connectivity index (χ0v) is 18.0. The van der Waals surface area contributed by atoms with Crippen LogP contribution in [0.2, 0.25) is 0 Å². The third-order valence-corrected chi connectivity index (χ3v) is 5.00. The van der Waals surface area contributed by atoms with Crippen LogP contribution in [0.15, 0.2) is 48.5 Å². The molecule has 1 atom stereocenters. The zero-order valence-electron chi connectivity index (χ0n) is 18.0. The lowest BCUT2D eigenvalue weighted by molar-refractivity contribution is -0.114. The molecule has 0 saturated carbocycles. The number of anilines is 2. The van der Waals surface area contributed by atoms with E-state index in [4.69, 9.17) is 9.47 Å². The molecular formula is C24H31N3O4. The predicted octanol–water partition coefficient (Wildman–Crippen LogP) is 3.82. The number of hydrogen-bond donors (Lipinski definition) is 3. The van der Waals surface area contributed by atoms with Crippen LogP contribution < -0.4 is 20.7 Å². The third kappa shape index (κ3) is 7.29. The van der Waals surface area contributed by atoms with E-state index in [2.05, 4.69) is 22.9 Å². The maximum Gasteiger partial charge on any atom is 0.251 e. The fourth-order valence-electron chi connectivity index (χ4n) is 3.30. The summed E-state index contributed by atoms with van der Waals surface area (Å²) in [4.78, 5) is 24.6. The van der Waals surface area contributed by atoms with Gasteiger partial charge in [-0.15, -0.1) is 0 Å². The molecule has 7 nitrogen and oxygen atoms in total. The molecule has 1 aliphatic rings. The van der Waals surface area contributed by atoms with Crippen LogP contribution in [-0.4, -0.2) is 44.2 Å². The quantitative estimate of drug-likeness (QED) is 0.476. The molecule has 1 aliphatic heterocycles. The van der Waals surface area contributed by atoms with E-state index in [0.717, 1.165) is 38.0 Å². The molecule has 3 rings (SSSR count). The van der Waals surface area contributed by atoms with Gasteiger partial charge in [-0.3, -0.25) is 9.59 Å². The molecular weight excluding hydrogens is 394 g/mol. The molecule has 0 radical (unpaired) electrons. The van der Waals surface area contributed by atoms with Crippen molar-refractivity contribution in [1.29, 1.82) is 0 Å². The highest BCUT2D eigenvalue weighted by molar-refractivity contribution is 5.98. The Morgan fingerprint density at radius 1 is 1.16 bits per heavy atom. The van der Waals surface area contributed by atoms with Gasteiger partial charge in [-0.25, -0.2) is 0 Å². The summed E-state index contributed by atoms with van der Waals surface area (Å²) >= 11 is 0. The van der Waals surface area contributed by atoms with E-state index >= 15 is 0 Å². The van der Waals surface area contributed by atoms with Gasteiger partial charge in [-0.2, -0.15) is 0 Å². The van der Waals surface area contributed by atoms with Gasteiger partial charge in [0.1, 0.15) is 12.4 Å². The Morgan fingerprint density at radius 2 is 2.03 bits per heavy atom. The van der Waals surface area contributed by atoms with Crippen molar-refractivity contribution in [3.8, 4) is 5.75 Å². The lowest BCUT2D eigenvalue weighted by atomic mass is 10.2. The van der Waals surface area contributed by atoms with Crippen LogP contribution in [0.3, 0.4) is 0 Å². The first-order valence-electron chi connectivity index (χ1n) is 10.9. The van der Waals surface area contributed by atoms with Gasteiger partial charge in [0.25, 0.3) is 5.91 Å². The summed E-state index contributed by atoms with van der Waals surface area (Å²) in [5.74, 6) is 0.342. The second-order valence-electron chi connectivity index (χ2n) is 7.53. The van der Waals surface area contributed by atoms with Gasteiger partial charge in [-0.1, -0.05) is 31.5 Å². The van der Waals surface area contributed by atoms with Crippen molar-refractivity contribution in [1.82, 2.24) is 5.32 Å². The Hall–Kier alpha value is -3.06. The van der Waals surface area contributed by atoms with Crippen LogP contribution in [0, 0.1) is 0 Å². The summed E-state index contributed by atoms with van der Waals surface area (Å²) in [7, 11) is 0. The molecule has 2 amide bonds. The first-order valence-corrected chi connectivity index (χ1v) is 10.9. The molecule has 0 aromatic heterocycles. The largest absolute Gasteiger partial charge is 0.489 e. The van der Waals surface area contributed by atoms with Crippen LogP contribution in [0.5, 0.6) is 5.75 Å². The molecule has 1 heterocycles. The molecule has 0 spiro atoms. The van der Waals surface area contributed by atoms with Crippen molar-refractivity contribution in [2.45, 2.75) is 38.7 Å². The molecule has 0 aliphatic carbocycles. The summed E-state index contributed by atoms with van der Waals surface area (Å²) in [6, 6.07) is 14.5. The standard InChI is InChI=1S/C24H31N3O4/c1-2-3-13-25-24(29)18-8-6-9-19(15-18)27-23(28)16-26-21-11-4-5-12-22(21)31-17-20-10-7-14-30-20/h4-6,8-9,11-12,15,20,26H,2-3,7,10,13-14,16-17H2,1H3,(H,25,29)(H,27,28). The molecule has 0 bridgehead atoms. The van der Waals surface area contributed by atoms with E-state index in [-0.39, 0.29) is 24.5 Å². The SMILES string of the molecule is CCCCNC(=O)c1cccc(NC(=O)CNc2ccccc2OCC2CCCO2)c1.